The third-order valence-corrected chi connectivity index (χ3v) is 4.41. The molecule has 1 aliphatic carbocycles. The van der Waals surface area contributed by atoms with Gasteiger partial charge in [0, 0.05) is 11.7 Å². The molecule has 0 unspecified atom stereocenters. The van der Waals surface area contributed by atoms with Crippen molar-refractivity contribution >= 4 is 17.5 Å². The van der Waals surface area contributed by atoms with Crippen molar-refractivity contribution in [3.05, 3.63) is 60.2 Å². The van der Waals surface area contributed by atoms with Crippen LogP contribution in [0, 0.1) is 5.41 Å². The number of hydrogen-bond donors (Lipinski definition) is 2. The van der Waals surface area contributed by atoms with Gasteiger partial charge in [-0.3, -0.25) is 9.59 Å². The molecule has 0 bridgehead atoms. The van der Waals surface area contributed by atoms with Crippen LogP contribution >= 0.6 is 0 Å². The minimum absolute atomic E-state index is 0.232. The Morgan fingerprint density at radius 3 is 2.27 bits per heavy atom. The summed E-state index contributed by atoms with van der Waals surface area (Å²) in [5.41, 5.74) is 0.605. The van der Waals surface area contributed by atoms with Crippen LogP contribution in [0.3, 0.4) is 0 Å². The summed E-state index contributed by atoms with van der Waals surface area (Å²) in [5.74, 6) is 0.159. The zero-order chi connectivity index (χ0) is 18.6. The van der Waals surface area contributed by atoms with Gasteiger partial charge in [0.15, 0.2) is 0 Å². The average Bonchev–Trinajstić information content (AvgIpc) is 3.46. The van der Waals surface area contributed by atoms with Gasteiger partial charge in [-0.25, -0.2) is 0 Å². The number of anilines is 1. The quantitative estimate of drug-likeness (QED) is 0.750. The van der Waals surface area contributed by atoms with E-state index in [2.05, 4.69) is 10.6 Å². The number of carbonyl (C=O) groups is 2. The molecule has 0 aliphatic heterocycles. The Balaban J connectivity index is 1.54. The third kappa shape index (κ3) is 4.63. The standard InChI is InChI=1S/C21H24N2O3/c1-21(2,19(24)22-16-8-9-16)20(25)23-17-10-12-18(13-11-17)26-14-15-6-4-3-5-7-15/h3-7,10-13,16H,8-9,14H2,1-2H3,(H,22,24)(H,23,25). The summed E-state index contributed by atoms with van der Waals surface area (Å²) in [6, 6.07) is 17.3. The minimum Gasteiger partial charge on any atom is -0.489 e. The first-order valence-corrected chi connectivity index (χ1v) is 8.84. The van der Waals surface area contributed by atoms with Gasteiger partial charge in [-0.2, -0.15) is 0 Å². The number of hydrogen-bond acceptors (Lipinski definition) is 3. The molecule has 0 saturated heterocycles. The highest BCUT2D eigenvalue weighted by Gasteiger charge is 2.38. The van der Waals surface area contributed by atoms with E-state index in [-0.39, 0.29) is 17.9 Å². The predicted octanol–water partition coefficient (Wildman–Crippen LogP) is 3.51. The van der Waals surface area contributed by atoms with Gasteiger partial charge >= 0.3 is 0 Å². The van der Waals surface area contributed by atoms with Crippen molar-refractivity contribution in [1.82, 2.24) is 5.32 Å². The van der Waals surface area contributed by atoms with Gasteiger partial charge in [0.2, 0.25) is 11.8 Å². The Hall–Kier alpha value is -2.82. The first-order chi connectivity index (χ1) is 12.4. The smallest absolute Gasteiger partial charge is 0.239 e. The molecule has 26 heavy (non-hydrogen) atoms. The van der Waals surface area contributed by atoms with Crippen LogP contribution in [-0.2, 0) is 16.2 Å². The monoisotopic (exact) mass is 352 g/mol. The van der Waals surface area contributed by atoms with E-state index in [1.807, 2.05) is 30.3 Å². The van der Waals surface area contributed by atoms with Crippen molar-refractivity contribution in [2.45, 2.75) is 39.3 Å². The lowest BCUT2D eigenvalue weighted by molar-refractivity contribution is -0.138. The Kier molecular flexibility index (Phi) is 5.26. The van der Waals surface area contributed by atoms with Gasteiger partial charge in [-0.1, -0.05) is 30.3 Å². The normalized spacial score (nSPS) is 13.8. The molecule has 0 radical (unpaired) electrons. The van der Waals surface area contributed by atoms with E-state index in [9.17, 15) is 9.59 Å². The molecule has 2 amide bonds. The lowest BCUT2D eigenvalue weighted by Gasteiger charge is -2.22. The van der Waals surface area contributed by atoms with Gasteiger partial charge in [0.25, 0.3) is 0 Å². The topological polar surface area (TPSA) is 67.4 Å². The van der Waals surface area contributed by atoms with Crippen LogP contribution in [-0.4, -0.2) is 17.9 Å². The second kappa shape index (κ2) is 7.60. The first-order valence-electron chi connectivity index (χ1n) is 8.84. The number of benzene rings is 2. The molecule has 1 aliphatic rings. The van der Waals surface area contributed by atoms with E-state index in [0.717, 1.165) is 24.2 Å². The molecule has 0 aromatic heterocycles. The first kappa shape index (κ1) is 18.0. The Morgan fingerprint density at radius 2 is 1.65 bits per heavy atom. The van der Waals surface area contributed by atoms with E-state index in [1.165, 1.54) is 0 Å². The molecular formula is C21H24N2O3. The molecule has 3 rings (SSSR count). The molecule has 0 spiro atoms. The number of ether oxygens (including phenoxy) is 1. The largest absolute Gasteiger partial charge is 0.489 e. The van der Waals surface area contributed by atoms with Crippen LogP contribution in [0.1, 0.15) is 32.3 Å². The fraction of sp³-hybridized carbons (Fsp3) is 0.333. The highest BCUT2D eigenvalue weighted by molar-refractivity contribution is 6.10. The summed E-state index contributed by atoms with van der Waals surface area (Å²) in [6.45, 7) is 3.76. The summed E-state index contributed by atoms with van der Waals surface area (Å²) in [5, 5.41) is 5.68. The molecule has 136 valence electrons. The van der Waals surface area contributed by atoms with Gasteiger partial charge in [-0.05, 0) is 56.5 Å². The number of nitrogens with one attached hydrogen (secondary N) is 2. The van der Waals surface area contributed by atoms with Crippen molar-refractivity contribution in [2.24, 2.45) is 5.41 Å². The molecule has 0 atom stereocenters. The summed E-state index contributed by atoms with van der Waals surface area (Å²) in [4.78, 5) is 24.7. The van der Waals surface area contributed by atoms with E-state index >= 15 is 0 Å². The average molecular weight is 352 g/mol. The number of carbonyl (C=O) groups excluding carboxylic acids is 2. The van der Waals surface area contributed by atoms with Crippen LogP contribution in [0.25, 0.3) is 0 Å². The molecular weight excluding hydrogens is 328 g/mol. The second-order valence-corrected chi connectivity index (χ2v) is 7.13. The maximum absolute atomic E-state index is 12.5. The molecule has 0 heterocycles. The Labute approximate surface area is 153 Å². The Morgan fingerprint density at radius 1 is 1.00 bits per heavy atom. The van der Waals surface area contributed by atoms with Crippen LogP contribution in [0.2, 0.25) is 0 Å². The maximum atomic E-state index is 12.5. The summed E-state index contributed by atoms with van der Waals surface area (Å²) in [6.07, 6.45) is 1.99. The van der Waals surface area contributed by atoms with E-state index in [4.69, 9.17) is 4.74 Å². The second-order valence-electron chi connectivity index (χ2n) is 7.13. The Bertz CT molecular complexity index is 766. The lowest BCUT2D eigenvalue weighted by atomic mass is 9.91. The van der Waals surface area contributed by atoms with Crippen LogP contribution in [0.4, 0.5) is 5.69 Å². The van der Waals surface area contributed by atoms with Gasteiger partial charge in [0.05, 0.1) is 0 Å². The van der Waals surface area contributed by atoms with Crippen molar-refractivity contribution < 1.29 is 14.3 Å². The minimum atomic E-state index is -1.12. The van der Waals surface area contributed by atoms with Crippen LogP contribution in [0.15, 0.2) is 54.6 Å². The van der Waals surface area contributed by atoms with E-state index in [1.54, 1.807) is 38.1 Å². The van der Waals surface area contributed by atoms with E-state index in [0.29, 0.717) is 12.3 Å². The summed E-state index contributed by atoms with van der Waals surface area (Å²) in [7, 11) is 0. The molecule has 2 aromatic rings. The summed E-state index contributed by atoms with van der Waals surface area (Å²) >= 11 is 0. The van der Waals surface area contributed by atoms with Crippen molar-refractivity contribution in [2.75, 3.05) is 5.32 Å². The highest BCUT2D eigenvalue weighted by Crippen LogP contribution is 2.25. The van der Waals surface area contributed by atoms with E-state index < -0.39 is 5.41 Å². The summed E-state index contributed by atoms with van der Waals surface area (Å²) < 4.78 is 5.73. The van der Waals surface area contributed by atoms with Gasteiger partial charge < -0.3 is 15.4 Å². The number of amides is 2. The highest BCUT2D eigenvalue weighted by atomic mass is 16.5. The van der Waals surface area contributed by atoms with Crippen LogP contribution < -0.4 is 15.4 Å². The third-order valence-electron chi connectivity index (χ3n) is 4.41. The molecule has 2 N–H and O–H groups in total. The van der Waals surface area contributed by atoms with Crippen LogP contribution in [0.5, 0.6) is 5.75 Å². The maximum Gasteiger partial charge on any atom is 0.239 e. The fourth-order valence-electron chi connectivity index (χ4n) is 2.36. The molecule has 5 heteroatoms. The van der Waals surface area contributed by atoms with Crippen molar-refractivity contribution in [3.63, 3.8) is 0 Å². The molecule has 1 saturated carbocycles. The van der Waals surface area contributed by atoms with Gasteiger partial charge in [-0.15, -0.1) is 0 Å². The fourth-order valence-corrected chi connectivity index (χ4v) is 2.36. The van der Waals surface area contributed by atoms with Crippen molar-refractivity contribution in [1.29, 1.82) is 0 Å². The van der Waals surface area contributed by atoms with Gasteiger partial charge in [0.1, 0.15) is 17.8 Å². The lowest BCUT2D eigenvalue weighted by Crippen LogP contribution is -2.45. The zero-order valence-corrected chi connectivity index (χ0v) is 15.1. The van der Waals surface area contributed by atoms with Crippen molar-refractivity contribution in [3.8, 4) is 5.75 Å². The SMILES string of the molecule is CC(C)(C(=O)Nc1ccc(OCc2ccccc2)cc1)C(=O)NC1CC1. The zero-order valence-electron chi connectivity index (χ0n) is 15.1. The molecule has 2 aromatic carbocycles. The number of rotatable bonds is 7. The molecule has 1 fully saturated rings. The predicted molar refractivity (Wildman–Crippen MR) is 101 cm³/mol. The molecule has 5 nitrogen and oxygen atoms in total.